The molecule has 2 rings (SSSR count). The molecule has 1 amide bonds. The first-order valence-electron chi connectivity index (χ1n) is 5.19. The van der Waals surface area contributed by atoms with Crippen molar-refractivity contribution in [3.63, 3.8) is 0 Å². The maximum atomic E-state index is 13.1. The molecular weight excluding hydrogens is 356 g/mol. The summed E-state index contributed by atoms with van der Waals surface area (Å²) in [5.74, 6) is -0.908. The molecule has 0 unspecified atom stereocenters. The number of benzene rings is 2. The van der Waals surface area contributed by atoms with Gasteiger partial charge in [0.05, 0.1) is 16.3 Å². The van der Waals surface area contributed by atoms with Crippen molar-refractivity contribution < 1.29 is 9.18 Å². The molecule has 0 aromatic heterocycles. The predicted octanol–water partition coefficient (Wildman–Crippen LogP) is 5.15. The number of halogens is 4. The highest BCUT2D eigenvalue weighted by Crippen LogP contribution is 2.26. The predicted molar refractivity (Wildman–Crippen MR) is 78.5 cm³/mol. The van der Waals surface area contributed by atoms with E-state index in [1.807, 2.05) is 0 Å². The third-order valence-electron chi connectivity index (χ3n) is 2.35. The minimum atomic E-state index is -0.459. The molecule has 2 aromatic carbocycles. The number of carbonyl (C=O) groups excluding carboxylic acids is 1. The van der Waals surface area contributed by atoms with E-state index in [0.29, 0.717) is 15.2 Å². The van der Waals surface area contributed by atoms with E-state index in [4.69, 9.17) is 23.2 Å². The summed E-state index contributed by atoms with van der Waals surface area (Å²) in [4.78, 5) is 12.1. The average Bonchev–Trinajstić information content (AvgIpc) is 2.36. The molecule has 0 heterocycles. The summed E-state index contributed by atoms with van der Waals surface area (Å²) in [6, 6.07) is 8.56. The van der Waals surface area contributed by atoms with Crippen LogP contribution < -0.4 is 5.32 Å². The largest absolute Gasteiger partial charge is 0.321 e. The topological polar surface area (TPSA) is 29.1 Å². The van der Waals surface area contributed by atoms with Crippen LogP contribution in [0.25, 0.3) is 0 Å². The van der Waals surface area contributed by atoms with Gasteiger partial charge in [0.2, 0.25) is 0 Å². The van der Waals surface area contributed by atoms with Gasteiger partial charge in [-0.05, 0) is 52.3 Å². The van der Waals surface area contributed by atoms with Crippen molar-refractivity contribution in [1.82, 2.24) is 0 Å². The second-order valence-corrected chi connectivity index (χ2v) is 5.40. The van der Waals surface area contributed by atoms with Gasteiger partial charge in [-0.2, -0.15) is 0 Å². The van der Waals surface area contributed by atoms with Crippen molar-refractivity contribution in [3.8, 4) is 0 Å². The fourth-order valence-corrected chi connectivity index (χ4v) is 2.18. The summed E-state index contributed by atoms with van der Waals surface area (Å²) in [7, 11) is 0. The molecule has 2 aromatic rings. The van der Waals surface area contributed by atoms with Gasteiger partial charge >= 0.3 is 0 Å². The zero-order valence-electron chi connectivity index (χ0n) is 9.38. The molecule has 0 saturated heterocycles. The number of rotatable bonds is 2. The van der Waals surface area contributed by atoms with Crippen molar-refractivity contribution in [2.24, 2.45) is 0 Å². The Bertz CT molecular complexity index is 649. The summed E-state index contributed by atoms with van der Waals surface area (Å²) in [5, 5.41) is 3.24. The highest BCUT2D eigenvalue weighted by molar-refractivity contribution is 9.10. The molecule has 0 aliphatic heterocycles. The summed E-state index contributed by atoms with van der Waals surface area (Å²) in [6.45, 7) is 0. The number of amides is 1. The van der Waals surface area contributed by atoms with E-state index in [1.165, 1.54) is 30.3 Å². The third kappa shape index (κ3) is 3.47. The van der Waals surface area contributed by atoms with Gasteiger partial charge in [0.1, 0.15) is 5.82 Å². The van der Waals surface area contributed by atoms with Gasteiger partial charge in [-0.3, -0.25) is 4.79 Å². The first-order chi connectivity index (χ1) is 8.97. The Morgan fingerprint density at radius 1 is 1.16 bits per heavy atom. The number of hydrogen-bond donors (Lipinski definition) is 1. The molecule has 0 fully saturated rings. The normalized spacial score (nSPS) is 10.3. The maximum Gasteiger partial charge on any atom is 0.257 e. The van der Waals surface area contributed by atoms with Crippen molar-refractivity contribution >= 4 is 50.7 Å². The van der Waals surface area contributed by atoms with Gasteiger partial charge < -0.3 is 5.32 Å². The maximum absolute atomic E-state index is 13.1. The lowest BCUT2D eigenvalue weighted by Crippen LogP contribution is -2.13. The van der Waals surface area contributed by atoms with Crippen LogP contribution in [0, 0.1) is 5.82 Å². The molecule has 0 saturated carbocycles. The highest BCUT2D eigenvalue weighted by Gasteiger charge is 2.13. The standard InChI is InChI=1S/C13H7BrCl2FNO/c14-10-3-2-8(17)6-12(10)18-13(19)9-5-7(15)1-4-11(9)16/h1-6H,(H,18,19). The first kappa shape index (κ1) is 14.3. The van der Waals surface area contributed by atoms with Crippen molar-refractivity contribution in [3.05, 3.63) is 62.3 Å². The van der Waals surface area contributed by atoms with Gasteiger partial charge in [0.15, 0.2) is 0 Å². The van der Waals surface area contributed by atoms with E-state index in [0.717, 1.165) is 0 Å². The van der Waals surface area contributed by atoms with E-state index < -0.39 is 11.7 Å². The van der Waals surface area contributed by atoms with Crippen LogP contribution in [0.5, 0.6) is 0 Å². The van der Waals surface area contributed by atoms with Crippen molar-refractivity contribution in [2.45, 2.75) is 0 Å². The Kier molecular flexibility index (Phi) is 4.45. The Balaban J connectivity index is 2.30. The van der Waals surface area contributed by atoms with Crippen LogP contribution >= 0.6 is 39.1 Å². The molecule has 98 valence electrons. The lowest BCUT2D eigenvalue weighted by molar-refractivity contribution is 0.102. The van der Waals surface area contributed by atoms with Crippen LogP contribution in [0.15, 0.2) is 40.9 Å². The zero-order chi connectivity index (χ0) is 14.0. The average molecular weight is 363 g/mol. The second-order valence-electron chi connectivity index (χ2n) is 3.70. The molecule has 0 atom stereocenters. The van der Waals surface area contributed by atoms with Gasteiger partial charge in [0, 0.05) is 9.50 Å². The van der Waals surface area contributed by atoms with Gasteiger partial charge in [-0.15, -0.1) is 0 Å². The number of hydrogen-bond acceptors (Lipinski definition) is 1. The Labute approximate surface area is 127 Å². The van der Waals surface area contributed by atoms with Crippen LogP contribution in [-0.4, -0.2) is 5.91 Å². The zero-order valence-corrected chi connectivity index (χ0v) is 12.5. The minimum Gasteiger partial charge on any atom is -0.321 e. The molecular formula is C13H7BrCl2FNO. The lowest BCUT2D eigenvalue weighted by Gasteiger charge is -2.09. The number of nitrogens with one attached hydrogen (secondary N) is 1. The van der Waals surface area contributed by atoms with Gasteiger partial charge in [-0.25, -0.2) is 4.39 Å². The summed E-state index contributed by atoms with van der Waals surface area (Å²) < 4.78 is 13.7. The van der Waals surface area contributed by atoms with Crippen LogP contribution in [-0.2, 0) is 0 Å². The minimum absolute atomic E-state index is 0.227. The van der Waals surface area contributed by atoms with E-state index >= 15 is 0 Å². The number of anilines is 1. The third-order valence-corrected chi connectivity index (χ3v) is 3.61. The molecule has 6 heteroatoms. The monoisotopic (exact) mass is 361 g/mol. The second kappa shape index (κ2) is 5.90. The van der Waals surface area contributed by atoms with Gasteiger partial charge in [-0.1, -0.05) is 23.2 Å². The van der Waals surface area contributed by atoms with Crippen LogP contribution in [0.4, 0.5) is 10.1 Å². The number of carbonyl (C=O) groups is 1. The quantitative estimate of drug-likeness (QED) is 0.786. The summed E-state index contributed by atoms with van der Waals surface area (Å²) >= 11 is 15.0. The molecule has 0 aliphatic carbocycles. The SMILES string of the molecule is O=C(Nc1cc(F)ccc1Br)c1cc(Cl)ccc1Cl. The first-order valence-corrected chi connectivity index (χ1v) is 6.74. The molecule has 19 heavy (non-hydrogen) atoms. The van der Waals surface area contributed by atoms with E-state index in [2.05, 4.69) is 21.2 Å². The van der Waals surface area contributed by atoms with Crippen LogP contribution in [0.3, 0.4) is 0 Å². The van der Waals surface area contributed by atoms with E-state index in [-0.39, 0.29) is 10.6 Å². The molecule has 0 radical (unpaired) electrons. The molecule has 1 N–H and O–H groups in total. The van der Waals surface area contributed by atoms with Gasteiger partial charge in [0.25, 0.3) is 5.91 Å². The van der Waals surface area contributed by atoms with Crippen molar-refractivity contribution in [2.75, 3.05) is 5.32 Å². The van der Waals surface area contributed by atoms with E-state index in [1.54, 1.807) is 6.07 Å². The van der Waals surface area contributed by atoms with Crippen molar-refractivity contribution in [1.29, 1.82) is 0 Å². The fraction of sp³-hybridized carbons (Fsp3) is 0. The molecule has 0 bridgehead atoms. The highest BCUT2D eigenvalue weighted by atomic mass is 79.9. The van der Waals surface area contributed by atoms with E-state index in [9.17, 15) is 9.18 Å². The lowest BCUT2D eigenvalue weighted by atomic mass is 10.2. The molecule has 0 aliphatic rings. The molecule has 0 spiro atoms. The Hall–Kier alpha value is -1.10. The Morgan fingerprint density at radius 3 is 2.63 bits per heavy atom. The summed E-state index contributed by atoms with van der Waals surface area (Å²) in [6.07, 6.45) is 0. The summed E-state index contributed by atoms with van der Waals surface area (Å²) in [5.41, 5.74) is 0.548. The smallest absolute Gasteiger partial charge is 0.257 e. The van der Waals surface area contributed by atoms with Crippen LogP contribution in [0.2, 0.25) is 10.0 Å². The molecule has 2 nitrogen and oxygen atoms in total. The Morgan fingerprint density at radius 2 is 1.89 bits per heavy atom. The van der Waals surface area contributed by atoms with Crippen LogP contribution in [0.1, 0.15) is 10.4 Å². The fourth-order valence-electron chi connectivity index (χ4n) is 1.45.